The van der Waals surface area contributed by atoms with E-state index in [-0.39, 0.29) is 5.82 Å². The van der Waals surface area contributed by atoms with Crippen molar-refractivity contribution in [3.8, 4) is 5.75 Å². The van der Waals surface area contributed by atoms with Crippen LogP contribution in [-0.2, 0) is 0 Å². The van der Waals surface area contributed by atoms with E-state index in [9.17, 15) is 4.39 Å². The number of benzene rings is 2. The summed E-state index contributed by atoms with van der Waals surface area (Å²) in [4.78, 5) is 0. The molecule has 0 aliphatic heterocycles. The Morgan fingerprint density at radius 1 is 1.21 bits per heavy atom. The van der Waals surface area contributed by atoms with Crippen molar-refractivity contribution in [2.75, 3.05) is 18.5 Å². The van der Waals surface area contributed by atoms with E-state index in [1.54, 1.807) is 12.1 Å². The molecular formula is C14H12BrClFNO. The Morgan fingerprint density at radius 2 is 2.05 bits per heavy atom. The fraction of sp³-hybridized carbons (Fsp3) is 0.143. The van der Waals surface area contributed by atoms with Gasteiger partial charge < -0.3 is 10.1 Å². The van der Waals surface area contributed by atoms with E-state index in [1.807, 2.05) is 24.3 Å². The van der Waals surface area contributed by atoms with E-state index < -0.39 is 0 Å². The quantitative estimate of drug-likeness (QED) is 0.792. The SMILES string of the molecule is Fc1ccc(OCCNc2cccc(Cl)c2)cc1Br. The summed E-state index contributed by atoms with van der Waals surface area (Å²) in [7, 11) is 0. The highest BCUT2D eigenvalue weighted by Crippen LogP contribution is 2.21. The molecule has 19 heavy (non-hydrogen) atoms. The molecule has 0 spiro atoms. The highest BCUT2D eigenvalue weighted by Gasteiger charge is 2.01. The minimum absolute atomic E-state index is 0.301. The molecule has 5 heteroatoms. The molecule has 0 aliphatic rings. The van der Waals surface area contributed by atoms with Crippen molar-refractivity contribution in [2.45, 2.75) is 0 Å². The summed E-state index contributed by atoms with van der Waals surface area (Å²) in [6.07, 6.45) is 0. The van der Waals surface area contributed by atoms with Gasteiger partial charge in [-0.05, 0) is 52.3 Å². The zero-order valence-corrected chi connectivity index (χ0v) is 12.3. The first-order chi connectivity index (χ1) is 9.15. The lowest BCUT2D eigenvalue weighted by molar-refractivity contribution is 0.332. The van der Waals surface area contributed by atoms with Gasteiger partial charge >= 0.3 is 0 Å². The molecule has 2 rings (SSSR count). The van der Waals surface area contributed by atoms with Gasteiger partial charge in [-0.3, -0.25) is 0 Å². The first-order valence-corrected chi connectivity index (χ1v) is 6.89. The van der Waals surface area contributed by atoms with E-state index in [0.717, 1.165) is 5.69 Å². The molecule has 0 unspecified atom stereocenters. The van der Waals surface area contributed by atoms with Crippen LogP contribution in [0.15, 0.2) is 46.9 Å². The summed E-state index contributed by atoms with van der Waals surface area (Å²) < 4.78 is 18.9. The number of rotatable bonds is 5. The van der Waals surface area contributed by atoms with E-state index >= 15 is 0 Å². The molecule has 100 valence electrons. The molecular weight excluding hydrogens is 333 g/mol. The predicted molar refractivity (Wildman–Crippen MR) is 79.5 cm³/mol. The maximum Gasteiger partial charge on any atom is 0.137 e. The summed E-state index contributed by atoms with van der Waals surface area (Å²) in [5, 5.41) is 3.87. The summed E-state index contributed by atoms with van der Waals surface area (Å²) in [6.45, 7) is 1.11. The van der Waals surface area contributed by atoms with Gasteiger partial charge in [0.05, 0.1) is 4.47 Å². The van der Waals surface area contributed by atoms with Crippen LogP contribution in [0.3, 0.4) is 0 Å². The van der Waals surface area contributed by atoms with Crippen LogP contribution in [0.25, 0.3) is 0 Å². The Labute approximate surface area is 124 Å². The molecule has 2 aromatic rings. The van der Waals surface area contributed by atoms with Crippen molar-refractivity contribution in [3.63, 3.8) is 0 Å². The molecule has 2 aromatic carbocycles. The standard InChI is InChI=1S/C14H12BrClFNO/c15-13-9-12(4-5-14(13)17)19-7-6-18-11-3-1-2-10(16)8-11/h1-5,8-9,18H,6-7H2. The first-order valence-electron chi connectivity index (χ1n) is 5.72. The Bertz CT molecular complexity index is 565. The maximum absolute atomic E-state index is 13.0. The molecule has 2 nitrogen and oxygen atoms in total. The van der Waals surface area contributed by atoms with Crippen LogP contribution in [0.2, 0.25) is 5.02 Å². The van der Waals surface area contributed by atoms with Gasteiger partial charge in [0.1, 0.15) is 18.2 Å². The summed E-state index contributed by atoms with van der Waals surface area (Å²) in [5.41, 5.74) is 0.941. The zero-order valence-electron chi connectivity index (χ0n) is 10.00. The smallest absolute Gasteiger partial charge is 0.137 e. The van der Waals surface area contributed by atoms with Crippen LogP contribution in [0, 0.1) is 5.82 Å². The fourth-order valence-electron chi connectivity index (χ4n) is 1.53. The lowest BCUT2D eigenvalue weighted by Gasteiger charge is -2.09. The molecule has 1 N–H and O–H groups in total. The minimum Gasteiger partial charge on any atom is -0.492 e. The van der Waals surface area contributed by atoms with Crippen molar-refractivity contribution in [1.82, 2.24) is 0 Å². The number of ether oxygens (including phenoxy) is 1. The predicted octanol–water partition coefficient (Wildman–Crippen LogP) is 4.73. The van der Waals surface area contributed by atoms with Gasteiger partial charge in [-0.1, -0.05) is 17.7 Å². The van der Waals surface area contributed by atoms with Gasteiger partial charge in [0.15, 0.2) is 0 Å². The molecule has 0 amide bonds. The number of nitrogens with one attached hydrogen (secondary N) is 1. The van der Waals surface area contributed by atoms with Gasteiger partial charge in [0.25, 0.3) is 0 Å². The average Bonchev–Trinajstić information content (AvgIpc) is 2.39. The fourth-order valence-corrected chi connectivity index (χ4v) is 2.08. The van der Waals surface area contributed by atoms with E-state index in [4.69, 9.17) is 16.3 Å². The second-order valence-corrected chi connectivity index (χ2v) is 5.15. The molecule has 0 saturated heterocycles. The third-order valence-electron chi connectivity index (χ3n) is 2.42. The lowest BCUT2D eigenvalue weighted by Crippen LogP contribution is -2.11. The number of anilines is 1. The highest BCUT2D eigenvalue weighted by molar-refractivity contribution is 9.10. The number of hydrogen-bond acceptors (Lipinski definition) is 2. The van der Waals surface area contributed by atoms with Crippen molar-refractivity contribution in [1.29, 1.82) is 0 Å². The second kappa shape index (κ2) is 6.78. The normalized spacial score (nSPS) is 10.3. The number of halogens is 3. The lowest BCUT2D eigenvalue weighted by atomic mass is 10.3. The van der Waals surface area contributed by atoms with Crippen molar-refractivity contribution in [3.05, 3.63) is 57.8 Å². The molecule has 0 radical (unpaired) electrons. The highest BCUT2D eigenvalue weighted by atomic mass is 79.9. The van der Waals surface area contributed by atoms with Gasteiger partial charge in [-0.15, -0.1) is 0 Å². The Kier molecular flexibility index (Phi) is 5.05. The average molecular weight is 345 g/mol. The van der Waals surface area contributed by atoms with Crippen molar-refractivity contribution in [2.24, 2.45) is 0 Å². The molecule has 0 bridgehead atoms. The van der Waals surface area contributed by atoms with Gasteiger partial charge in [-0.2, -0.15) is 0 Å². The van der Waals surface area contributed by atoms with Gasteiger partial charge in [0, 0.05) is 17.3 Å². The second-order valence-electron chi connectivity index (χ2n) is 3.86. The van der Waals surface area contributed by atoms with Crippen LogP contribution >= 0.6 is 27.5 Å². The Hall–Kier alpha value is -1.26. The molecule has 0 fully saturated rings. The van der Waals surface area contributed by atoms with Crippen molar-refractivity contribution >= 4 is 33.2 Å². The Morgan fingerprint density at radius 3 is 2.79 bits per heavy atom. The number of hydrogen-bond donors (Lipinski definition) is 1. The monoisotopic (exact) mass is 343 g/mol. The van der Waals surface area contributed by atoms with Gasteiger partial charge in [-0.25, -0.2) is 4.39 Å². The van der Waals surface area contributed by atoms with Crippen LogP contribution in [0.4, 0.5) is 10.1 Å². The Balaban J connectivity index is 1.79. The topological polar surface area (TPSA) is 21.3 Å². The molecule has 0 aromatic heterocycles. The summed E-state index contributed by atoms with van der Waals surface area (Å²) in [5.74, 6) is 0.325. The van der Waals surface area contributed by atoms with Crippen LogP contribution in [-0.4, -0.2) is 13.2 Å². The molecule has 0 aliphatic carbocycles. The van der Waals surface area contributed by atoms with E-state index in [1.165, 1.54) is 6.07 Å². The first kappa shape index (κ1) is 14.2. The van der Waals surface area contributed by atoms with E-state index in [2.05, 4.69) is 21.2 Å². The molecule has 0 atom stereocenters. The largest absolute Gasteiger partial charge is 0.492 e. The van der Waals surface area contributed by atoms with Crippen LogP contribution in [0.1, 0.15) is 0 Å². The molecule has 0 saturated carbocycles. The summed E-state index contributed by atoms with van der Waals surface area (Å²) >= 11 is 8.99. The minimum atomic E-state index is -0.301. The van der Waals surface area contributed by atoms with Crippen molar-refractivity contribution < 1.29 is 9.13 Å². The van der Waals surface area contributed by atoms with Gasteiger partial charge in [0.2, 0.25) is 0 Å². The molecule has 0 heterocycles. The zero-order chi connectivity index (χ0) is 13.7. The van der Waals surface area contributed by atoms with Crippen LogP contribution < -0.4 is 10.1 Å². The summed E-state index contributed by atoms with van der Waals surface area (Å²) in [6, 6.07) is 12.0. The van der Waals surface area contributed by atoms with E-state index in [0.29, 0.717) is 28.4 Å². The third kappa shape index (κ3) is 4.40. The maximum atomic E-state index is 13.0. The van der Waals surface area contributed by atoms with Crippen LogP contribution in [0.5, 0.6) is 5.75 Å². The third-order valence-corrected chi connectivity index (χ3v) is 3.26.